The number of carboxylic acid groups (broad SMARTS) is 1. The molecule has 2 aromatic carbocycles. The van der Waals surface area contributed by atoms with E-state index in [1.54, 1.807) is 10.7 Å². The Labute approximate surface area is 208 Å². The van der Waals surface area contributed by atoms with E-state index in [0.717, 1.165) is 43.2 Å². The number of carboxylic acids is 1. The number of nitrogens with zero attached hydrogens (tertiary/aromatic N) is 5. The molecule has 4 rings (SSSR count). The van der Waals surface area contributed by atoms with Crippen molar-refractivity contribution in [3.63, 3.8) is 0 Å². The molecule has 0 radical (unpaired) electrons. The first-order valence-electron chi connectivity index (χ1n) is 12.0. The summed E-state index contributed by atoms with van der Waals surface area (Å²) in [5, 5.41) is 37.4. The summed E-state index contributed by atoms with van der Waals surface area (Å²) in [4.78, 5) is 23.1. The van der Waals surface area contributed by atoms with Gasteiger partial charge in [0.25, 0.3) is 0 Å². The predicted octanol–water partition coefficient (Wildman–Crippen LogP) is 4.30. The lowest BCUT2D eigenvalue weighted by atomic mass is 9.94. The van der Waals surface area contributed by atoms with Crippen LogP contribution in [0.2, 0.25) is 0 Å². The Hall–Kier alpha value is -3.86. The normalized spacial score (nSPS) is 15.8. The van der Waals surface area contributed by atoms with Crippen LogP contribution in [0.25, 0.3) is 0 Å². The number of rotatable bonds is 10. The fraction of sp³-hybridized carbons (Fsp3) is 0.440. The number of nitro benzene ring substituents is 1. The summed E-state index contributed by atoms with van der Waals surface area (Å²) in [6.45, 7) is 1.96. The molecule has 0 saturated heterocycles. The number of aryl methyl sites for hydroxylation is 1. The van der Waals surface area contributed by atoms with Gasteiger partial charge < -0.3 is 9.84 Å². The number of nitrogens with one attached hydrogen (secondary N) is 1. The summed E-state index contributed by atoms with van der Waals surface area (Å²) < 4.78 is 6.97. The van der Waals surface area contributed by atoms with Crippen LogP contribution in [0, 0.1) is 17.0 Å². The Bertz CT molecular complexity index is 1210. The van der Waals surface area contributed by atoms with Crippen molar-refractivity contribution >= 4 is 11.7 Å². The number of tetrazole rings is 1. The number of ether oxygens (including phenoxy) is 1. The minimum Gasteiger partial charge on any atom is -0.490 e. The van der Waals surface area contributed by atoms with Gasteiger partial charge in [-0.15, -0.1) is 5.10 Å². The Kier molecular flexibility index (Phi) is 7.89. The van der Waals surface area contributed by atoms with E-state index in [9.17, 15) is 20.0 Å². The maximum atomic E-state index is 11.8. The van der Waals surface area contributed by atoms with Gasteiger partial charge in [-0.05, 0) is 47.4 Å². The fourth-order valence-corrected chi connectivity index (χ4v) is 4.77. The smallest absolute Gasteiger partial charge is 0.311 e. The van der Waals surface area contributed by atoms with Gasteiger partial charge in [-0.1, -0.05) is 55.2 Å². The zero-order valence-corrected chi connectivity index (χ0v) is 20.3. The Morgan fingerprint density at radius 1 is 1.19 bits per heavy atom. The average molecular weight is 495 g/mol. The van der Waals surface area contributed by atoms with E-state index in [2.05, 4.69) is 20.8 Å². The third kappa shape index (κ3) is 5.68. The summed E-state index contributed by atoms with van der Waals surface area (Å²) in [6, 6.07) is 11.1. The average Bonchev–Trinajstić information content (AvgIpc) is 3.36. The summed E-state index contributed by atoms with van der Waals surface area (Å²) >= 11 is 0. The molecule has 1 aromatic heterocycles. The fourth-order valence-electron chi connectivity index (χ4n) is 4.77. The third-order valence-electron chi connectivity index (χ3n) is 6.66. The molecule has 190 valence electrons. The van der Waals surface area contributed by atoms with E-state index in [1.165, 1.54) is 19.2 Å². The molecule has 1 aliphatic carbocycles. The molecule has 11 heteroatoms. The summed E-state index contributed by atoms with van der Waals surface area (Å²) in [5.74, 6) is -0.349. The van der Waals surface area contributed by atoms with Crippen molar-refractivity contribution in [1.82, 2.24) is 25.5 Å². The first kappa shape index (κ1) is 25.2. The van der Waals surface area contributed by atoms with Gasteiger partial charge in [0.1, 0.15) is 0 Å². The maximum absolute atomic E-state index is 11.8. The molecule has 36 heavy (non-hydrogen) atoms. The zero-order valence-electron chi connectivity index (χ0n) is 20.3. The topological polar surface area (TPSA) is 145 Å². The van der Waals surface area contributed by atoms with E-state index in [-0.39, 0.29) is 23.9 Å². The number of methoxy groups -OCH3 is 1. The summed E-state index contributed by atoms with van der Waals surface area (Å²) in [5.41, 5.74) is 2.18. The highest BCUT2D eigenvalue weighted by molar-refractivity contribution is 5.68. The van der Waals surface area contributed by atoms with E-state index in [0.29, 0.717) is 11.4 Å². The molecule has 2 atom stereocenters. The van der Waals surface area contributed by atoms with Crippen LogP contribution in [-0.2, 0) is 4.79 Å². The Morgan fingerprint density at radius 3 is 2.53 bits per heavy atom. The van der Waals surface area contributed by atoms with Crippen molar-refractivity contribution in [1.29, 1.82) is 0 Å². The van der Waals surface area contributed by atoms with Gasteiger partial charge in [0.15, 0.2) is 11.6 Å². The number of aliphatic carboxylic acids is 1. The van der Waals surface area contributed by atoms with Gasteiger partial charge in [-0.25, -0.2) is 4.68 Å². The quantitative estimate of drug-likeness (QED) is 0.311. The molecule has 1 heterocycles. The van der Waals surface area contributed by atoms with Gasteiger partial charge in [0.2, 0.25) is 0 Å². The largest absolute Gasteiger partial charge is 0.490 e. The van der Waals surface area contributed by atoms with Gasteiger partial charge in [-0.3, -0.25) is 20.2 Å². The number of hydrogen-bond donors (Lipinski definition) is 2. The molecule has 11 nitrogen and oxygen atoms in total. The van der Waals surface area contributed by atoms with E-state index in [1.807, 2.05) is 31.2 Å². The second-order valence-electron chi connectivity index (χ2n) is 9.12. The zero-order chi connectivity index (χ0) is 25.7. The van der Waals surface area contributed by atoms with Crippen molar-refractivity contribution in [2.75, 3.05) is 7.11 Å². The van der Waals surface area contributed by atoms with Crippen molar-refractivity contribution in [2.24, 2.45) is 0 Å². The highest BCUT2D eigenvalue weighted by atomic mass is 16.6. The summed E-state index contributed by atoms with van der Waals surface area (Å²) in [6.07, 6.45) is 4.98. The molecule has 1 saturated carbocycles. The van der Waals surface area contributed by atoms with Gasteiger partial charge in [-0.2, -0.15) is 0 Å². The van der Waals surface area contributed by atoms with Crippen molar-refractivity contribution < 1.29 is 19.6 Å². The Morgan fingerprint density at radius 2 is 1.89 bits per heavy atom. The maximum Gasteiger partial charge on any atom is 0.311 e. The van der Waals surface area contributed by atoms with E-state index < -0.39 is 23.0 Å². The number of carbonyl (C=O) groups is 1. The van der Waals surface area contributed by atoms with Gasteiger partial charge in [0, 0.05) is 12.1 Å². The standard InChI is InChI=1S/C25H30N6O5/c1-16-8-10-17(11-9-16)20(15-23(32)33)26-24(18-12-13-22(36-2)21(14-18)31(34)35)25-27-28-29-30(25)19-6-4-3-5-7-19/h8-14,19-20,24,26H,3-7,15H2,1-2H3,(H,32,33). The predicted molar refractivity (Wildman–Crippen MR) is 131 cm³/mol. The van der Waals surface area contributed by atoms with Crippen molar-refractivity contribution in [3.05, 3.63) is 75.1 Å². The lowest BCUT2D eigenvalue weighted by Crippen LogP contribution is -2.32. The van der Waals surface area contributed by atoms with E-state index in [4.69, 9.17) is 4.74 Å². The molecule has 0 aliphatic heterocycles. The molecule has 1 fully saturated rings. The second-order valence-corrected chi connectivity index (χ2v) is 9.12. The molecular formula is C25H30N6O5. The molecule has 0 spiro atoms. The molecule has 0 amide bonds. The molecule has 3 aromatic rings. The minimum absolute atomic E-state index is 0.110. The molecular weight excluding hydrogens is 464 g/mol. The van der Waals surface area contributed by atoms with Crippen LogP contribution >= 0.6 is 0 Å². The summed E-state index contributed by atoms with van der Waals surface area (Å²) in [7, 11) is 1.38. The SMILES string of the molecule is COc1ccc(C(NC(CC(=O)O)c2ccc(C)cc2)c2nnnn2C2CCCCC2)cc1[N+](=O)[O-]. The first-order chi connectivity index (χ1) is 17.4. The highest BCUT2D eigenvalue weighted by Gasteiger charge is 2.31. The Balaban J connectivity index is 1.80. The van der Waals surface area contributed by atoms with Crippen LogP contribution in [0.3, 0.4) is 0 Å². The number of benzene rings is 2. The van der Waals surface area contributed by atoms with E-state index >= 15 is 0 Å². The van der Waals surface area contributed by atoms with Crippen LogP contribution < -0.4 is 10.1 Å². The van der Waals surface area contributed by atoms with Gasteiger partial charge >= 0.3 is 11.7 Å². The van der Waals surface area contributed by atoms with Crippen LogP contribution in [-0.4, -0.2) is 43.3 Å². The first-order valence-corrected chi connectivity index (χ1v) is 12.0. The molecule has 2 N–H and O–H groups in total. The van der Waals surface area contributed by atoms with Crippen LogP contribution in [0.4, 0.5) is 5.69 Å². The van der Waals surface area contributed by atoms with Crippen molar-refractivity contribution in [3.8, 4) is 5.75 Å². The third-order valence-corrected chi connectivity index (χ3v) is 6.66. The number of aromatic nitrogens is 4. The molecule has 2 unspecified atom stereocenters. The second kappa shape index (κ2) is 11.3. The van der Waals surface area contributed by atoms with Crippen LogP contribution in [0.1, 0.15) is 79.2 Å². The van der Waals surface area contributed by atoms with Crippen LogP contribution in [0.15, 0.2) is 42.5 Å². The highest BCUT2D eigenvalue weighted by Crippen LogP contribution is 2.35. The number of hydrogen-bond acceptors (Lipinski definition) is 8. The lowest BCUT2D eigenvalue weighted by Gasteiger charge is -2.28. The molecule has 0 bridgehead atoms. The van der Waals surface area contributed by atoms with Crippen molar-refractivity contribution in [2.45, 2.75) is 63.6 Å². The monoisotopic (exact) mass is 494 g/mol. The number of nitro groups is 1. The lowest BCUT2D eigenvalue weighted by molar-refractivity contribution is -0.385. The minimum atomic E-state index is -0.973. The van der Waals surface area contributed by atoms with Gasteiger partial charge in [0.05, 0.1) is 30.5 Å². The van der Waals surface area contributed by atoms with Crippen LogP contribution in [0.5, 0.6) is 5.75 Å². The molecule has 1 aliphatic rings.